The molecular weight excluding hydrogens is 116 g/mol. The van der Waals surface area contributed by atoms with Crippen LogP contribution >= 0.6 is 0 Å². The van der Waals surface area contributed by atoms with E-state index in [0.29, 0.717) is 12.2 Å². The lowest BCUT2D eigenvalue weighted by Gasteiger charge is -1.96. The lowest BCUT2D eigenvalue weighted by atomic mass is 10.3. The van der Waals surface area contributed by atoms with Gasteiger partial charge in [-0.15, -0.1) is 5.73 Å². The summed E-state index contributed by atoms with van der Waals surface area (Å²) in [6.07, 6.45) is 0. The van der Waals surface area contributed by atoms with Crippen LogP contribution in [0.2, 0.25) is 0 Å². The van der Waals surface area contributed by atoms with E-state index in [1.165, 1.54) is 0 Å². The van der Waals surface area contributed by atoms with Crippen LogP contribution in [0.25, 0.3) is 0 Å². The van der Waals surface area contributed by atoms with Gasteiger partial charge in [0.2, 0.25) is 0 Å². The van der Waals surface area contributed by atoms with Gasteiger partial charge in [0, 0.05) is 0 Å². The van der Waals surface area contributed by atoms with Crippen molar-refractivity contribution in [3.8, 4) is 0 Å². The number of carbonyl (C=O) groups is 1. The predicted octanol–water partition coefficient (Wildman–Crippen LogP) is 1.28. The van der Waals surface area contributed by atoms with E-state index in [1.54, 1.807) is 13.8 Å². The van der Waals surface area contributed by atoms with E-state index >= 15 is 0 Å². The van der Waals surface area contributed by atoms with E-state index < -0.39 is 0 Å². The Hall–Kier alpha value is -1.01. The Morgan fingerprint density at radius 1 is 1.78 bits per heavy atom. The van der Waals surface area contributed by atoms with Crippen LogP contribution < -0.4 is 0 Å². The van der Waals surface area contributed by atoms with Crippen molar-refractivity contribution in [1.29, 1.82) is 0 Å². The highest BCUT2D eigenvalue weighted by molar-refractivity contribution is 5.87. The fourth-order valence-corrected chi connectivity index (χ4v) is 0.312. The van der Waals surface area contributed by atoms with Gasteiger partial charge in [0.05, 0.1) is 12.2 Å². The van der Waals surface area contributed by atoms with Crippen molar-refractivity contribution in [2.24, 2.45) is 0 Å². The van der Waals surface area contributed by atoms with Crippen LogP contribution in [-0.4, -0.2) is 12.6 Å². The van der Waals surface area contributed by atoms with Gasteiger partial charge in [-0.1, -0.05) is 6.58 Å². The van der Waals surface area contributed by atoms with Gasteiger partial charge in [-0.25, -0.2) is 4.79 Å². The van der Waals surface area contributed by atoms with Gasteiger partial charge in [-0.3, -0.25) is 0 Å². The molecule has 0 rings (SSSR count). The molecule has 0 radical (unpaired) electrons. The highest BCUT2D eigenvalue weighted by Crippen LogP contribution is 1.91. The van der Waals surface area contributed by atoms with Crippen LogP contribution in [0.15, 0.2) is 17.9 Å². The largest absolute Gasteiger partial charge is 0.462 e. The molecule has 0 heterocycles. The molecule has 0 aliphatic rings. The maximum absolute atomic E-state index is 10.6. The van der Waals surface area contributed by atoms with Crippen molar-refractivity contribution < 1.29 is 9.53 Å². The third-order valence-electron chi connectivity index (χ3n) is 0.847. The second-order valence-corrected chi connectivity index (χ2v) is 1.52. The van der Waals surface area contributed by atoms with Crippen LogP contribution in [0, 0.1) is 0 Å². The number of hydrogen-bond donors (Lipinski definition) is 0. The lowest BCUT2D eigenvalue weighted by molar-refractivity contribution is -0.138. The van der Waals surface area contributed by atoms with Gasteiger partial charge < -0.3 is 4.74 Å². The molecular formula is C7H10O2. The zero-order valence-electron chi connectivity index (χ0n) is 5.73. The summed E-state index contributed by atoms with van der Waals surface area (Å²) < 4.78 is 4.62. The van der Waals surface area contributed by atoms with Crippen molar-refractivity contribution in [3.05, 3.63) is 17.9 Å². The van der Waals surface area contributed by atoms with E-state index in [0.717, 1.165) is 0 Å². The molecule has 0 bridgehead atoms. The quantitative estimate of drug-likeness (QED) is 0.316. The third kappa shape index (κ3) is 2.73. The smallest absolute Gasteiger partial charge is 0.341 e. The fraction of sp³-hybridized carbons (Fsp3) is 0.429. The second kappa shape index (κ2) is 3.93. The first-order valence-corrected chi connectivity index (χ1v) is 2.76. The van der Waals surface area contributed by atoms with Crippen molar-refractivity contribution in [1.82, 2.24) is 0 Å². The number of esters is 1. The minimum absolute atomic E-state index is 0.340. The molecule has 0 aliphatic carbocycles. The summed E-state index contributed by atoms with van der Waals surface area (Å²) in [6.45, 7) is 7.08. The first kappa shape index (κ1) is 7.99. The number of carbonyl (C=O) groups excluding carboxylic acids is 1. The van der Waals surface area contributed by atoms with Gasteiger partial charge in [0.1, 0.15) is 0 Å². The third-order valence-corrected chi connectivity index (χ3v) is 0.847. The number of rotatable bonds is 2. The molecule has 0 unspecified atom stereocenters. The molecule has 0 N–H and O–H groups in total. The lowest BCUT2D eigenvalue weighted by Crippen LogP contribution is -2.03. The van der Waals surface area contributed by atoms with Gasteiger partial charge in [0.25, 0.3) is 0 Å². The summed E-state index contributed by atoms with van der Waals surface area (Å²) in [6, 6.07) is 0. The molecule has 0 amide bonds. The average molecular weight is 126 g/mol. The minimum atomic E-state index is -0.340. The zero-order chi connectivity index (χ0) is 7.28. The Morgan fingerprint density at radius 3 is 2.67 bits per heavy atom. The van der Waals surface area contributed by atoms with Gasteiger partial charge in [-0.2, -0.15) is 0 Å². The van der Waals surface area contributed by atoms with E-state index in [4.69, 9.17) is 0 Å². The summed E-state index contributed by atoms with van der Waals surface area (Å²) in [4.78, 5) is 10.6. The van der Waals surface area contributed by atoms with Crippen LogP contribution in [0.1, 0.15) is 13.8 Å². The molecule has 0 aromatic carbocycles. The Balaban J connectivity index is 3.89. The molecule has 0 aromatic heterocycles. The summed E-state index contributed by atoms with van der Waals surface area (Å²) in [5.74, 6) is -0.340. The van der Waals surface area contributed by atoms with Crippen molar-refractivity contribution in [3.63, 3.8) is 0 Å². The standard InChI is InChI=1S/C7H10O2/c1-4-6(3)7(8)9-5-2/h1,5H2,2-3H3. The van der Waals surface area contributed by atoms with Crippen LogP contribution in [-0.2, 0) is 9.53 Å². The van der Waals surface area contributed by atoms with Gasteiger partial charge in [-0.05, 0) is 13.8 Å². The highest BCUT2D eigenvalue weighted by atomic mass is 16.5. The molecule has 0 aliphatic heterocycles. The SMILES string of the molecule is C=C=C(C)C(=O)OCC. The molecule has 0 fully saturated rings. The monoisotopic (exact) mass is 126 g/mol. The van der Waals surface area contributed by atoms with Crippen LogP contribution in [0.4, 0.5) is 0 Å². The molecule has 0 aromatic rings. The summed E-state index contributed by atoms with van der Waals surface area (Å²) in [7, 11) is 0. The van der Waals surface area contributed by atoms with E-state index in [9.17, 15) is 4.79 Å². The first-order valence-electron chi connectivity index (χ1n) is 2.76. The Kier molecular flexibility index (Phi) is 3.49. The molecule has 9 heavy (non-hydrogen) atoms. The molecule has 0 spiro atoms. The highest BCUT2D eigenvalue weighted by Gasteiger charge is 2.00. The molecule has 2 heteroatoms. The van der Waals surface area contributed by atoms with E-state index in [2.05, 4.69) is 17.0 Å². The Morgan fingerprint density at radius 2 is 2.33 bits per heavy atom. The van der Waals surface area contributed by atoms with Gasteiger partial charge >= 0.3 is 5.97 Å². The summed E-state index contributed by atoms with van der Waals surface area (Å²) in [5.41, 5.74) is 2.87. The van der Waals surface area contributed by atoms with Crippen LogP contribution in [0.3, 0.4) is 0 Å². The zero-order valence-corrected chi connectivity index (χ0v) is 5.73. The molecule has 0 saturated carbocycles. The van der Waals surface area contributed by atoms with Gasteiger partial charge in [0.15, 0.2) is 0 Å². The fourth-order valence-electron chi connectivity index (χ4n) is 0.312. The molecule has 50 valence electrons. The average Bonchev–Trinajstić information content (AvgIpc) is 1.87. The number of ether oxygens (including phenoxy) is 1. The van der Waals surface area contributed by atoms with E-state index in [1.807, 2.05) is 0 Å². The first-order chi connectivity index (χ1) is 4.22. The van der Waals surface area contributed by atoms with Crippen LogP contribution in [0.5, 0.6) is 0 Å². The van der Waals surface area contributed by atoms with Crippen molar-refractivity contribution in [2.45, 2.75) is 13.8 Å². The predicted molar refractivity (Wildman–Crippen MR) is 35.0 cm³/mol. The van der Waals surface area contributed by atoms with E-state index in [-0.39, 0.29) is 5.97 Å². The molecule has 0 atom stereocenters. The summed E-state index contributed by atoms with van der Waals surface area (Å²) in [5, 5.41) is 0. The minimum Gasteiger partial charge on any atom is -0.462 e. The second-order valence-electron chi connectivity index (χ2n) is 1.52. The Bertz CT molecular complexity index is 152. The van der Waals surface area contributed by atoms with Crippen molar-refractivity contribution >= 4 is 5.97 Å². The topological polar surface area (TPSA) is 26.3 Å². The number of hydrogen-bond acceptors (Lipinski definition) is 2. The maximum Gasteiger partial charge on any atom is 0.341 e. The molecule has 2 nitrogen and oxygen atoms in total. The van der Waals surface area contributed by atoms with Crippen molar-refractivity contribution in [2.75, 3.05) is 6.61 Å². The summed E-state index contributed by atoms with van der Waals surface area (Å²) >= 11 is 0. The normalized spacial score (nSPS) is 7.78. The molecule has 0 saturated heterocycles. The Labute approximate surface area is 54.8 Å². The maximum atomic E-state index is 10.6.